The Labute approximate surface area is 128 Å². The van der Waals surface area contributed by atoms with Crippen molar-refractivity contribution < 1.29 is 14.3 Å². The molecule has 1 aromatic rings. The molecule has 1 unspecified atom stereocenters. The molecule has 0 aliphatic carbocycles. The molecule has 0 bridgehead atoms. The van der Waals surface area contributed by atoms with E-state index in [4.69, 9.17) is 15.0 Å². The zero-order valence-corrected chi connectivity index (χ0v) is 12.3. The summed E-state index contributed by atoms with van der Waals surface area (Å²) in [6.07, 6.45) is 1.32. The highest BCUT2D eigenvalue weighted by Crippen LogP contribution is 2.31. The van der Waals surface area contributed by atoms with Crippen molar-refractivity contribution in [3.05, 3.63) is 34.2 Å². The van der Waals surface area contributed by atoms with Gasteiger partial charge in [-0.25, -0.2) is 0 Å². The summed E-state index contributed by atoms with van der Waals surface area (Å²) in [6.45, 7) is 2.86. The predicted octanol–water partition coefficient (Wildman–Crippen LogP) is 2.51. The summed E-state index contributed by atoms with van der Waals surface area (Å²) in [5.74, 6) is 1.72. The van der Waals surface area contributed by atoms with Crippen LogP contribution in [0.2, 0.25) is 0 Å². The maximum absolute atomic E-state index is 12.0. The van der Waals surface area contributed by atoms with Crippen LogP contribution < -0.4 is 9.47 Å². The summed E-state index contributed by atoms with van der Waals surface area (Å²) in [4.78, 5) is 16.6. The van der Waals surface area contributed by atoms with E-state index < -0.39 is 0 Å². The van der Waals surface area contributed by atoms with Crippen LogP contribution in [0.5, 0.6) is 11.5 Å². The monoisotopic (exact) mass is 302 g/mol. The molecule has 2 aliphatic heterocycles. The molecule has 3 rings (SSSR count). The Balaban J connectivity index is 1.67. The highest BCUT2D eigenvalue weighted by Gasteiger charge is 2.29. The van der Waals surface area contributed by atoms with E-state index in [1.165, 1.54) is 0 Å². The minimum atomic E-state index is 0.102. The van der Waals surface area contributed by atoms with Gasteiger partial charge in [-0.15, -0.1) is 0 Å². The first kappa shape index (κ1) is 14.5. The van der Waals surface area contributed by atoms with Crippen molar-refractivity contribution in [2.75, 3.05) is 26.3 Å². The van der Waals surface area contributed by atoms with Crippen molar-refractivity contribution >= 4 is 5.91 Å². The Morgan fingerprint density at radius 3 is 2.95 bits per heavy atom. The smallest absolute Gasteiger partial charge is 0.223 e. The zero-order chi connectivity index (χ0) is 15.4. The fourth-order valence-corrected chi connectivity index (χ4v) is 2.81. The SMILES string of the molecule is [N-]=[N+]=NCC1CC(=O)N(Cc2ccc3c(c2)OCCCO3)C1. The van der Waals surface area contributed by atoms with Crippen LogP contribution in [-0.4, -0.2) is 37.1 Å². The van der Waals surface area contributed by atoms with Crippen LogP contribution in [-0.2, 0) is 11.3 Å². The van der Waals surface area contributed by atoms with Gasteiger partial charge < -0.3 is 14.4 Å². The molecule has 7 heteroatoms. The largest absolute Gasteiger partial charge is 0.490 e. The van der Waals surface area contributed by atoms with Crippen LogP contribution in [0.15, 0.2) is 23.3 Å². The quantitative estimate of drug-likeness (QED) is 0.486. The molecule has 1 atom stereocenters. The van der Waals surface area contributed by atoms with Gasteiger partial charge in [-0.3, -0.25) is 4.79 Å². The molecule has 1 amide bonds. The molecule has 2 aliphatic rings. The number of nitrogens with zero attached hydrogens (tertiary/aromatic N) is 4. The van der Waals surface area contributed by atoms with Crippen molar-refractivity contribution in [3.8, 4) is 11.5 Å². The summed E-state index contributed by atoms with van der Waals surface area (Å²) in [5.41, 5.74) is 9.38. The van der Waals surface area contributed by atoms with E-state index in [1.54, 1.807) is 4.90 Å². The Bertz CT molecular complexity index is 613. The summed E-state index contributed by atoms with van der Waals surface area (Å²) in [6, 6.07) is 5.80. The molecule has 1 aromatic carbocycles. The Morgan fingerprint density at radius 2 is 2.14 bits per heavy atom. The number of fused-ring (bicyclic) bond motifs is 1. The molecule has 1 fully saturated rings. The third-order valence-corrected chi connectivity index (χ3v) is 3.88. The molecular weight excluding hydrogens is 284 g/mol. The lowest BCUT2D eigenvalue weighted by Gasteiger charge is -2.17. The summed E-state index contributed by atoms with van der Waals surface area (Å²) in [5, 5.41) is 3.56. The first-order valence-corrected chi connectivity index (χ1v) is 7.43. The van der Waals surface area contributed by atoms with Crippen LogP contribution in [0, 0.1) is 5.92 Å². The highest BCUT2D eigenvalue weighted by atomic mass is 16.5. The summed E-state index contributed by atoms with van der Waals surface area (Å²) < 4.78 is 11.3. The van der Waals surface area contributed by atoms with Crippen molar-refractivity contribution in [1.82, 2.24) is 4.90 Å². The third-order valence-electron chi connectivity index (χ3n) is 3.88. The Kier molecular flexibility index (Phi) is 4.34. The van der Waals surface area contributed by atoms with Gasteiger partial charge in [-0.1, -0.05) is 11.2 Å². The highest BCUT2D eigenvalue weighted by molar-refractivity contribution is 5.78. The Hall–Kier alpha value is -2.40. The second kappa shape index (κ2) is 6.58. The van der Waals surface area contributed by atoms with Gasteiger partial charge >= 0.3 is 0 Å². The number of ether oxygens (including phenoxy) is 2. The van der Waals surface area contributed by atoms with Crippen LogP contribution in [0.4, 0.5) is 0 Å². The van der Waals surface area contributed by atoms with Crippen LogP contribution >= 0.6 is 0 Å². The second-order valence-corrected chi connectivity index (χ2v) is 5.59. The van der Waals surface area contributed by atoms with Crippen LogP contribution in [0.1, 0.15) is 18.4 Å². The van der Waals surface area contributed by atoms with Gasteiger partial charge in [0.25, 0.3) is 0 Å². The number of likely N-dealkylation sites (tertiary alicyclic amines) is 1. The van der Waals surface area contributed by atoms with Crippen LogP contribution in [0.3, 0.4) is 0 Å². The third kappa shape index (κ3) is 3.26. The van der Waals surface area contributed by atoms with E-state index in [-0.39, 0.29) is 11.8 Å². The van der Waals surface area contributed by atoms with E-state index in [0.717, 1.165) is 23.5 Å². The molecular formula is C15H18N4O3. The number of amides is 1. The van der Waals surface area contributed by atoms with E-state index in [2.05, 4.69) is 10.0 Å². The molecule has 2 heterocycles. The molecule has 1 saturated heterocycles. The van der Waals surface area contributed by atoms with Crippen LogP contribution in [0.25, 0.3) is 10.4 Å². The lowest BCUT2D eigenvalue weighted by molar-refractivity contribution is -0.128. The summed E-state index contributed by atoms with van der Waals surface area (Å²) >= 11 is 0. The van der Waals surface area contributed by atoms with E-state index >= 15 is 0 Å². The average molecular weight is 302 g/mol. The van der Waals surface area contributed by atoms with E-state index in [9.17, 15) is 4.79 Å². The minimum absolute atomic E-state index is 0.102. The minimum Gasteiger partial charge on any atom is -0.490 e. The molecule has 7 nitrogen and oxygen atoms in total. The van der Waals surface area contributed by atoms with Gasteiger partial charge in [0.1, 0.15) is 0 Å². The number of hydrogen-bond acceptors (Lipinski definition) is 4. The number of azide groups is 1. The lowest BCUT2D eigenvalue weighted by Crippen LogP contribution is -2.24. The summed E-state index contributed by atoms with van der Waals surface area (Å²) in [7, 11) is 0. The molecule has 22 heavy (non-hydrogen) atoms. The predicted molar refractivity (Wildman–Crippen MR) is 79.6 cm³/mol. The van der Waals surface area contributed by atoms with Gasteiger partial charge in [0.05, 0.1) is 13.2 Å². The van der Waals surface area contributed by atoms with Crippen molar-refractivity contribution in [2.45, 2.75) is 19.4 Å². The van der Waals surface area contributed by atoms with Gasteiger partial charge in [-0.2, -0.15) is 0 Å². The fourth-order valence-electron chi connectivity index (χ4n) is 2.81. The van der Waals surface area contributed by atoms with Gasteiger partial charge in [0.15, 0.2) is 11.5 Å². The van der Waals surface area contributed by atoms with Crippen molar-refractivity contribution in [2.24, 2.45) is 11.0 Å². The number of carbonyl (C=O) groups excluding carboxylic acids is 1. The van der Waals surface area contributed by atoms with E-state index in [1.807, 2.05) is 18.2 Å². The van der Waals surface area contributed by atoms with Gasteiger partial charge in [-0.05, 0) is 29.1 Å². The van der Waals surface area contributed by atoms with E-state index in [0.29, 0.717) is 39.3 Å². The number of carbonyl (C=O) groups is 1. The number of rotatable bonds is 4. The molecule has 0 saturated carbocycles. The van der Waals surface area contributed by atoms with Gasteiger partial charge in [0.2, 0.25) is 5.91 Å². The molecule has 0 radical (unpaired) electrons. The number of hydrogen-bond donors (Lipinski definition) is 0. The van der Waals surface area contributed by atoms with Gasteiger partial charge in [0, 0.05) is 37.4 Å². The maximum atomic E-state index is 12.0. The first-order chi connectivity index (χ1) is 10.8. The maximum Gasteiger partial charge on any atom is 0.223 e. The fraction of sp³-hybridized carbons (Fsp3) is 0.533. The molecule has 116 valence electrons. The molecule has 0 spiro atoms. The Morgan fingerprint density at radius 1 is 1.32 bits per heavy atom. The normalized spacial score (nSPS) is 20.5. The van der Waals surface area contributed by atoms with Crippen molar-refractivity contribution in [3.63, 3.8) is 0 Å². The topological polar surface area (TPSA) is 87.5 Å². The number of benzene rings is 1. The standard InChI is InChI=1S/C15H18N4O3/c16-18-17-8-12-7-15(20)19(10-12)9-11-2-3-13-14(6-11)22-5-1-4-21-13/h2-3,6,12H,1,4-5,7-10H2. The average Bonchev–Trinajstić information content (AvgIpc) is 2.73. The lowest BCUT2D eigenvalue weighted by atomic mass is 10.1. The first-order valence-electron chi connectivity index (χ1n) is 7.43. The van der Waals surface area contributed by atoms with Crippen molar-refractivity contribution in [1.29, 1.82) is 0 Å². The molecule has 0 N–H and O–H groups in total. The zero-order valence-electron chi connectivity index (χ0n) is 12.3. The molecule has 0 aromatic heterocycles. The second-order valence-electron chi connectivity index (χ2n) is 5.59.